The third-order valence-corrected chi connectivity index (χ3v) is 16.3. The van der Waals surface area contributed by atoms with Gasteiger partial charge >= 0.3 is 10.4 Å². The molecule has 1 amide bonds. The number of carbonyl (C=O) groups is 1. The van der Waals surface area contributed by atoms with Crippen LogP contribution in [0.25, 0.3) is 0 Å². The average Bonchev–Trinajstić information content (AvgIpc) is 3.40. The molecule has 0 spiro atoms. The fraction of sp³-hybridized carbons (Fsp3) is 0.952. The summed E-state index contributed by atoms with van der Waals surface area (Å²) in [5, 5.41) is 45.1. The Balaban J connectivity index is 2.26. The standard InChI is InChI=1S/C63H123NO11S/c1-3-5-7-9-11-13-15-17-19-21-23-24-25-26-27-28-29-30-31-32-33-35-37-39-41-43-45-47-49-51-53-59(67)64-56(55-73-63-61(69)62(75-76(70,71)72)60(68)58(54-65)74-63)57(66)52-50-48-46-44-42-40-38-36-34-22-20-18-16-14-12-10-8-6-4-2/h50,52,56-58,60-63,65-66,68-69H,3-49,51,53-55H2,1-2H3,(H,64,67)(H,70,71,72)/b52-50+. The topological polar surface area (TPSA) is 192 Å². The number of aliphatic hydroxyl groups excluding tert-OH is 4. The zero-order valence-electron chi connectivity index (χ0n) is 49.4. The summed E-state index contributed by atoms with van der Waals surface area (Å²) < 4.78 is 47.9. The Kier molecular flexibility index (Phi) is 51.0. The number of hydrogen-bond acceptors (Lipinski definition) is 10. The van der Waals surface area contributed by atoms with Crippen LogP contribution >= 0.6 is 0 Å². The molecule has 0 aromatic carbocycles. The van der Waals surface area contributed by atoms with Crippen molar-refractivity contribution >= 4 is 16.3 Å². The molecule has 1 fully saturated rings. The second kappa shape index (κ2) is 53.2. The van der Waals surface area contributed by atoms with E-state index >= 15 is 0 Å². The van der Waals surface area contributed by atoms with Crippen LogP contribution in [0.2, 0.25) is 0 Å². The van der Waals surface area contributed by atoms with Crippen LogP contribution in [0.4, 0.5) is 0 Å². The molecule has 0 bridgehead atoms. The van der Waals surface area contributed by atoms with Crippen LogP contribution in [-0.2, 0) is 28.9 Å². The first kappa shape index (κ1) is 72.9. The lowest BCUT2D eigenvalue weighted by atomic mass is 9.99. The number of ether oxygens (including phenoxy) is 2. The van der Waals surface area contributed by atoms with Crippen molar-refractivity contribution in [3.63, 3.8) is 0 Å². The van der Waals surface area contributed by atoms with E-state index in [1.807, 2.05) is 6.08 Å². The predicted octanol–water partition coefficient (Wildman–Crippen LogP) is 16.2. The molecule has 1 aliphatic rings. The van der Waals surface area contributed by atoms with Crippen LogP contribution in [-0.4, -0.2) is 95.4 Å². The molecule has 0 aromatic rings. The van der Waals surface area contributed by atoms with Crippen molar-refractivity contribution in [3.8, 4) is 0 Å². The molecule has 0 aliphatic carbocycles. The van der Waals surface area contributed by atoms with Gasteiger partial charge in [0, 0.05) is 6.42 Å². The van der Waals surface area contributed by atoms with E-state index in [9.17, 15) is 38.2 Å². The smallest absolute Gasteiger partial charge is 0.394 e. The summed E-state index contributed by atoms with van der Waals surface area (Å²) in [7, 11) is -5.09. The van der Waals surface area contributed by atoms with E-state index in [1.54, 1.807) is 6.08 Å². The highest BCUT2D eigenvalue weighted by Crippen LogP contribution is 2.26. The van der Waals surface area contributed by atoms with Crippen LogP contribution in [0, 0.1) is 0 Å². The first-order valence-electron chi connectivity index (χ1n) is 32.6. The van der Waals surface area contributed by atoms with Gasteiger partial charge in [-0.2, -0.15) is 8.42 Å². The molecule has 1 aliphatic heterocycles. The van der Waals surface area contributed by atoms with Gasteiger partial charge in [-0.25, -0.2) is 4.18 Å². The number of amides is 1. The van der Waals surface area contributed by atoms with Gasteiger partial charge in [-0.3, -0.25) is 9.35 Å². The molecule has 0 radical (unpaired) electrons. The van der Waals surface area contributed by atoms with Gasteiger partial charge in [0.05, 0.1) is 25.4 Å². The summed E-state index contributed by atoms with van der Waals surface area (Å²) in [6, 6.07) is -0.941. The monoisotopic (exact) mass is 1100 g/mol. The maximum Gasteiger partial charge on any atom is 0.397 e. The van der Waals surface area contributed by atoms with E-state index in [2.05, 4.69) is 23.3 Å². The molecule has 0 aromatic heterocycles. The van der Waals surface area contributed by atoms with Crippen LogP contribution in [0.1, 0.15) is 328 Å². The van der Waals surface area contributed by atoms with Crippen LogP contribution < -0.4 is 5.32 Å². The van der Waals surface area contributed by atoms with Gasteiger partial charge in [0.1, 0.15) is 24.4 Å². The summed E-state index contributed by atoms with van der Waals surface area (Å²) >= 11 is 0. The molecular formula is C63H123NO11S. The number of hydrogen-bond donors (Lipinski definition) is 6. The SMILES string of the molecule is CCCCCCCCCCCCCCCCCCC/C=C/C(O)C(COC1OC(CO)C(O)C(OS(=O)(=O)O)C1O)NC(=O)CCCCCCCCCCCCCCCCCCCCCCCCCCCCCCCC. The number of aliphatic hydroxyl groups is 4. The lowest BCUT2D eigenvalue weighted by molar-refractivity contribution is -0.298. The zero-order valence-corrected chi connectivity index (χ0v) is 50.2. The minimum atomic E-state index is -5.09. The second-order valence-corrected chi connectivity index (χ2v) is 24.1. The Morgan fingerprint density at radius 3 is 1.14 bits per heavy atom. The maximum atomic E-state index is 13.2. The molecule has 1 heterocycles. The lowest BCUT2D eigenvalue weighted by Crippen LogP contribution is -2.61. The van der Waals surface area contributed by atoms with E-state index in [0.29, 0.717) is 6.42 Å². The first-order chi connectivity index (χ1) is 37.0. The lowest BCUT2D eigenvalue weighted by Gasteiger charge is -2.41. The fourth-order valence-corrected chi connectivity index (χ4v) is 11.3. The highest BCUT2D eigenvalue weighted by molar-refractivity contribution is 7.80. The molecule has 1 rings (SSSR count). The van der Waals surface area contributed by atoms with Crippen molar-refractivity contribution in [3.05, 3.63) is 12.2 Å². The molecule has 452 valence electrons. The summed E-state index contributed by atoms with van der Waals surface area (Å²) in [6.07, 6.45) is 57.1. The van der Waals surface area contributed by atoms with E-state index in [-0.39, 0.29) is 18.9 Å². The summed E-state index contributed by atoms with van der Waals surface area (Å²) in [4.78, 5) is 13.2. The summed E-state index contributed by atoms with van der Waals surface area (Å²) in [6.45, 7) is 3.46. The Hall–Kier alpha value is -1.16. The molecular weight excluding hydrogens is 979 g/mol. The molecule has 7 atom stereocenters. The normalized spacial score (nSPS) is 19.0. The molecule has 13 heteroatoms. The van der Waals surface area contributed by atoms with Gasteiger partial charge in [-0.05, 0) is 19.3 Å². The van der Waals surface area contributed by atoms with Crippen LogP contribution in [0.15, 0.2) is 12.2 Å². The van der Waals surface area contributed by atoms with Crippen molar-refractivity contribution < 1.29 is 51.8 Å². The van der Waals surface area contributed by atoms with Crippen molar-refractivity contribution in [2.45, 2.75) is 371 Å². The number of allylic oxidation sites excluding steroid dienone is 1. The Morgan fingerprint density at radius 1 is 0.513 bits per heavy atom. The van der Waals surface area contributed by atoms with E-state index in [1.165, 1.54) is 263 Å². The fourth-order valence-electron chi connectivity index (χ4n) is 10.8. The van der Waals surface area contributed by atoms with Crippen molar-refractivity contribution in [2.24, 2.45) is 0 Å². The van der Waals surface area contributed by atoms with Crippen molar-refractivity contribution in [2.75, 3.05) is 13.2 Å². The van der Waals surface area contributed by atoms with E-state index < -0.39 is 59.9 Å². The molecule has 76 heavy (non-hydrogen) atoms. The summed E-state index contributed by atoms with van der Waals surface area (Å²) in [5.74, 6) is -0.254. The van der Waals surface area contributed by atoms with Crippen molar-refractivity contribution in [1.82, 2.24) is 5.32 Å². The number of unbranched alkanes of at least 4 members (excludes halogenated alkanes) is 46. The quantitative estimate of drug-likeness (QED) is 0.0193. The Labute approximate surface area is 468 Å². The maximum absolute atomic E-state index is 13.2. The predicted molar refractivity (Wildman–Crippen MR) is 315 cm³/mol. The first-order valence-corrected chi connectivity index (χ1v) is 33.9. The Bertz CT molecular complexity index is 1390. The third-order valence-electron chi connectivity index (χ3n) is 15.8. The minimum Gasteiger partial charge on any atom is -0.394 e. The minimum absolute atomic E-state index is 0.254. The Morgan fingerprint density at radius 2 is 0.829 bits per heavy atom. The van der Waals surface area contributed by atoms with Gasteiger partial charge in [-0.1, -0.05) is 315 Å². The largest absolute Gasteiger partial charge is 0.397 e. The van der Waals surface area contributed by atoms with Gasteiger partial charge in [0.15, 0.2) is 6.29 Å². The zero-order chi connectivity index (χ0) is 55.4. The van der Waals surface area contributed by atoms with E-state index in [4.69, 9.17) is 9.47 Å². The number of nitrogens with one attached hydrogen (secondary N) is 1. The highest BCUT2D eigenvalue weighted by atomic mass is 32.3. The van der Waals surface area contributed by atoms with Gasteiger partial charge in [0.25, 0.3) is 0 Å². The average molecular weight is 1100 g/mol. The van der Waals surface area contributed by atoms with Gasteiger partial charge in [0.2, 0.25) is 5.91 Å². The number of rotatable bonds is 58. The van der Waals surface area contributed by atoms with Crippen LogP contribution in [0.3, 0.4) is 0 Å². The van der Waals surface area contributed by atoms with Gasteiger partial charge in [-0.15, -0.1) is 0 Å². The van der Waals surface area contributed by atoms with E-state index in [0.717, 1.165) is 38.5 Å². The number of carbonyl (C=O) groups excluding carboxylic acids is 1. The summed E-state index contributed by atoms with van der Waals surface area (Å²) in [5.41, 5.74) is 0. The molecule has 6 N–H and O–H groups in total. The van der Waals surface area contributed by atoms with Crippen LogP contribution in [0.5, 0.6) is 0 Å². The molecule has 12 nitrogen and oxygen atoms in total. The third kappa shape index (κ3) is 44.6. The molecule has 1 saturated heterocycles. The second-order valence-electron chi connectivity index (χ2n) is 23.1. The van der Waals surface area contributed by atoms with Crippen molar-refractivity contribution in [1.29, 1.82) is 0 Å². The van der Waals surface area contributed by atoms with Gasteiger partial charge < -0.3 is 35.2 Å². The molecule has 0 saturated carbocycles. The molecule has 7 unspecified atom stereocenters. The highest BCUT2D eigenvalue weighted by Gasteiger charge is 2.48.